The summed E-state index contributed by atoms with van der Waals surface area (Å²) < 4.78 is 1.77. The minimum atomic E-state index is 0.607. The van der Waals surface area contributed by atoms with E-state index in [0.717, 1.165) is 22.5 Å². The van der Waals surface area contributed by atoms with Gasteiger partial charge in [-0.05, 0) is 42.7 Å². The monoisotopic (exact) mass is 368 g/mol. The summed E-state index contributed by atoms with van der Waals surface area (Å²) in [4.78, 5) is 9.02. The Balaban J connectivity index is 2.07. The van der Waals surface area contributed by atoms with E-state index in [0.29, 0.717) is 10.6 Å². The van der Waals surface area contributed by atoms with Crippen molar-refractivity contribution in [3.8, 4) is 0 Å². The van der Waals surface area contributed by atoms with Crippen molar-refractivity contribution >= 4 is 39.9 Å². The molecule has 1 aromatic carbocycles. The summed E-state index contributed by atoms with van der Waals surface area (Å²) in [7, 11) is 0. The summed E-state index contributed by atoms with van der Waals surface area (Å²) in [6, 6.07) is 10.3. The second-order valence-corrected chi connectivity index (χ2v) is 7.41. The Morgan fingerprint density at radius 1 is 1.30 bits per heavy atom. The van der Waals surface area contributed by atoms with Crippen molar-refractivity contribution in [2.24, 2.45) is 5.92 Å². The van der Waals surface area contributed by atoms with Crippen LogP contribution in [0.15, 0.2) is 39.7 Å². The van der Waals surface area contributed by atoms with Crippen LogP contribution in [0.4, 0.5) is 0 Å². The van der Waals surface area contributed by atoms with Crippen molar-refractivity contribution in [2.45, 2.75) is 30.9 Å². The van der Waals surface area contributed by atoms with Gasteiger partial charge in [0.2, 0.25) is 0 Å². The van der Waals surface area contributed by atoms with Crippen LogP contribution in [0, 0.1) is 10.6 Å². The third kappa shape index (κ3) is 5.04. The molecule has 0 aliphatic rings. The molecule has 2 nitrogen and oxygen atoms in total. The van der Waals surface area contributed by atoms with Crippen molar-refractivity contribution in [3.05, 3.63) is 51.0 Å². The van der Waals surface area contributed by atoms with E-state index in [4.69, 9.17) is 12.2 Å². The van der Waals surface area contributed by atoms with Gasteiger partial charge in [0.1, 0.15) is 10.5 Å². The molecule has 5 heteroatoms. The largest absolute Gasteiger partial charge is 0.346 e. The molecule has 1 N–H and O–H groups in total. The average molecular weight is 369 g/mol. The highest BCUT2D eigenvalue weighted by atomic mass is 79.9. The van der Waals surface area contributed by atoms with Gasteiger partial charge in [0.15, 0.2) is 0 Å². The molecular formula is C15H17BrN2S2. The van der Waals surface area contributed by atoms with Gasteiger partial charge in [-0.1, -0.05) is 42.0 Å². The highest BCUT2D eigenvalue weighted by molar-refractivity contribution is 9.10. The topological polar surface area (TPSA) is 28.7 Å². The molecule has 0 amide bonds. The van der Waals surface area contributed by atoms with Gasteiger partial charge in [-0.2, -0.15) is 0 Å². The Bertz CT molecular complexity index is 621. The van der Waals surface area contributed by atoms with Gasteiger partial charge in [0.05, 0.1) is 5.75 Å². The van der Waals surface area contributed by atoms with Crippen LogP contribution in [0.1, 0.15) is 25.4 Å². The van der Waals surface area contributed by atoms with E-state index < -0.39 is 0 Å². The molecular weight excluding hydrogens is 352 g/mol. The molecule has 2 aromatic rings. The molecule has 1 aromatic heterocycles. The lowest BCUT2D eigenvalue weighted by Crippen LogP contribution is -2.02. The van der Waals surface area contributed by atoms with Crippen molar-refractivity contribution in [1.29, 1.82) is 0 Å². The van der Waals surface area contributed by atoms with Gasteiger partial charge in [-0.15, -0.1) is 11.8 Å². The van der Waals surface area contributed by atoms with Crippen molar-refractivity contribution in [2.75, 3.05) is 0 Å². The lowest BCUT2D eigenvalue weighted by Gasteiger charge is -2.08. The van der Waals surface area contributed by atoms with Gasteiger partial charge in [-0.3, -0.25) is 0 Å². The van der Waals surface area contributed by atoms with Crippen molar-refractivity contribution in [1.82, 2.24) is 9.97 Å². The quantitative estimate of drug-likeness (QED) is 0.566. The number of H-pyrrole nitrogens is 1. The van der Waals surface area contributed by atoms with Crippen LogP contribution in [-0.4, -0.2) is 9.97 Å². The first-order chi connectivity index (χ1) is 9.52. The van der Waals surface area contributed by atoms with E-state index in [-0.39, 0.29) is 0 Å². The van der Waals surface area contributed by atoms with Gasteiger partial charge in [0.25, 0.3) is 0 Å². The molecule has 0 radical (unpaired) electrons. The number of hydrogen-bond acceptors (Lipinski definition) is 3. The maximum Gasteiger partial charge on any atom is 0.130 e. The minimum Gasteiger partial charge on any atom is -0.346 e. The molecule has 0 spiro atoms. The van der Waals surface area contributed by atoms with Crippen LogP contribution in [0.25, 0.3) is 0 Å². The predicted octanol–water partition coefficient (Wildman–Crippen LogP) is 5.39. The molecule has 2 rings (SSSR count). The molecule has 0 aliphatic heterocycles. The average Bonchev–Trinajstić information content (AvgIpc) is 2.36. The van der Waals surface area contributed by atoms with Crippen LogP contribution in [0.2, 0.25) is 0 Å². The smallest absolute Gasteiger partial charge is 0.130 e. The maximum absolute atomic E-state index is 5.24. The summed E-state index contributed by atoms with van der Waals surface area (Å²) in [6.07, 6.45) is 1.00. The van der Waals surface area contributed by atoms with Gasteiger partial charge in [0, 0.05) is 15.1 Å². The number of nitrogens with zero attached hydrogens (tertiary/aromatic N) is 1. The highest BCUT2D eigenvalue weighted by Gasteiger charge is 2.03. The summed E-state index contributed by atoms with van der Waals surface area (Å²) in [5, 5.41) is 0. The molecule has 0 fully saturated rings. The van der Waals surface area contributed by atoms with Crippen molar-refractivity contribution < 1.29 is 0 Å². The molecule has 0 bridgehead atoms. The van der Waals surface area contributed by atoms with Gasteiger partial charge < -0.3 is 4.98 Å². The van der Waals surface area contributed by atoms with Gasteiger partial charge in [-0.25, -0.2) is 4.98 Å². The van der Waals surface area contributed by atoms with Gasteiger partial charge >= 0.3 is 0 Å². The molecule has 1 heterocycles. The molecule has 20 heavy (non-hydrogen) atoms. The molecule has 0 aliphatic carbocycles. The number of rotatable bonds is 5. The number of aromatic amines is 1. The second kappa shape index (κ2) is 7.38. The fourth-order valence-electron chi connectivity index (χ4n) is 1.86. The number of hydrogen-bond donors (Lipinski definition) is 1. The van der Waals surface area contributed by atoms with Crippen LogP contribution in [0.3, 0.4) is 0 Å². The zero-order chi connectivity index (χ0) is 14.5. The number of thioether (sulfide) groups is 1. The fraction of sp³-hybridized carbons (Fsp3) is 0.333. The van der Waals surface area contributed by atoms with E-state index in [9.17, 15) is 0 Å². The predicted molar refractivity (Wildman–Crippen MR) is 91.7 cm³/mol. The Morgan fingerprint density at radius 2 is 2.00 bits per heavy atom. The maximum atomic E-state index is 5.24. The van der Waals surface area contributed by atoms with E-state index in [2.05, 4.69) is 51.9 Å². The van der Waals surface area contributed by atoms with Crippen LogP contribution < -0.4 is 0 Å². The zero-order valence-electron chi connectivity index (χ0n) is 11.5. The highest BCUT2D eigenvalue weighted by Crippen LogP contribution is 2.23. The van der Waals surface area contributed by atoms with E-state index in [1.54, 1.807) is 11.8 Å². The Labute approximate surface area is 137 Å². The summed E-state index contributed by atoms with van der Waals surface area (Å²) in [6.45, 7) is 4.40. The van der Waals surface area contributed by atoms with Crippen LogP contribution >= 0.6 is 39.9 Å². The number of aromatic nitrogens is 2. The number of nitrogens with one attached hydrogen (secondary N) is 1. The Kier molecular flexibility index (Phi) is 5.81. The zero-order valence-corrected chi connectivity index (χ0v) is 14.7. The van der Waals surface area contributed by atoms with E-state index in [1.807, 2.05) is 18.2 Å². The molecule has 0 saturated heterocycles. The molecule has 106 valence electrons. The van der Waals surface area contributed by atoms with Crippen molar-refractivity contribution in [3.63, 3.8) is 0 Å². The molecule has 0 saturated carbocycles. The van der Waals surface area contributed by atoms with E-state index >= 15 is 0 Å². The third-order valence-corrected chi connectivity index (χ3v) is 4.43. The normalized spacial score (nSPS) is 11.0. The number of halogens is 1. The molecule has 0 unspecified atom stereocenters. The first kappa shape index (κ1) is 15.7. The summed E-state index contributed by atoms with van der Waals surface area (Å²) in [5.74, 6) is 2.35. The Hall–Kier alpha value is -0.650. The minimum absolute atomic E-state index is 0.607. The second-order valence-electron chi connectivity index (χ2n) is 5.03. The Morgan fingerprint density at radius 3 is 2.65 bits per heavy atom. The van der Waals surface area contributed by atoms with Crippen LogP contribution in [0.5, 0.6) is 0 Å². The lowest BCUT2D eigenvalue weighted by atomic mass is 10.1. The number of benzene rings is 1. The van der Waals surface area contributed by atoms with Crippen LogP contribution in [-0.2, 0) is 12.2 Å². The fourth-order valence-corrected chi connectivity index (χ4v) is 3.15. The first-order valence-corrected chi connectivity index (χ1v) is 8.69. The molecule has 0 atom stereocenters. The van der Waals surface area contributed by atoms with E-state index in [1.165, 1.54) is 10.6 Å². The third-order valence-electron chi connectivity index (χ3n) is 2.67. The summed E-state index contributed by atoms with van der Waals surface area (Å²) in [5.41, 5.74) is 1.17. The lowest BCUT2D eigenvalue weighted by molar-refractivity contribution is 0.631. The summed E-state index contributed by atoms with van der Waals surface area (Å²) >= 11 is 10.4. The first-order valence-electron chi connectivity index (χ1n) is 6.50. The standard InChI is InChI=1S/C15H17BrN2S2/c1-10(2)7-12-8-15(19)18-14(17-12)9-20-13-5-3-11(16)4-6-13/h3-6,8,10H,7,9H2,1-2H3,(H,17,18,19). The SMILES string of the molecule is CC(C)Cc1cc(=S)nc(CSc2ccc(Br)cc2)[nH]1.